The van der Waals surface area contributed by atoms with Gasteiger partial charge in [-0.15, -0.1) is 0 Å². The summed E-state index contributed by atoms with van der Waals surface area (Å²) in [6.07, 6.45) is 6.15. The van der Waals surface area contributed by atoms with Crippen molar-refractivity contribution in [3.05, 3.63) is 106 Å². The third kappa shape index (κ3) is 4.55. The molecule has 3 aromatic rings. The number of hydrogen-bond donors (Lipinski definition) is 0. The first kappa shape index (κ1) is 18.6. The second-order valence-corrected chi connectivity index (χ2v) is 8.15. The molecule has 1 fully saturated rings. The minimum atomic E-state index is 0.696. The molecule has 0 saturated heterocycles. The lowest BCUT2D eigenvalue weighted by Crippen LogP contribution is -2.11. The van der Waals surface area contributed by atoms with Crippen LogP contribution >= 0.6 is 0 Å². The van der Waals surface area contributed by atoms with Gasteiger partial charge in [0.15, 0.2) is 0 Å². The highest BCUT2D eigenvalue weighted by molar-refractivity contribution is 5.49. The maximum absolute atomic E-state index is 3.46. The van der Waals surface area contributed by atoms with Crippen molar-refractivity contribution in [2.45, 2.75) is 51.9 Å². The molecule has 0 amide bonds. The number of benzene rings is 3. The molecule has 0 N–H and O–H groups in total. The van der Waals surface area contributed by atoms with Crippen molar-refractivity contribution < 1.29 is 0 Å². The zero-order chi connectivity index (χ0) is 19.3. The lowest BCUT2D eigenvalue weighted by Gasteiger charge is -2.27. The fraction of sp³-hybridized carbons (Fsp3) is 0.286. The van der Waals surface area contributed by atoms with Gasteiger partial charge in [0.1, 0.15) is 0 Å². The molecular formula is C28H28. The minimum Gasteiger partial charge on any atom is -0.0616 e. The average molecular weight is 365 g/mol. The fourth-order valence-corrected chi connectivity index (χ4v) is 3.76. The zero-order valence-corrected chi connectivity index (χ0v) is 17.0. The molecule has 0 nitrogen and oxygen atoms in total. The Hall–Kier alpha value is -2.78. The van der Waals surface area contributed by atoms with E-state index in [-0.39, 0.29) is 0 Å². The van der Waals surface area contributed by atoms with Gasteiger partial charge >= 0.3 is 0 Å². The molecule has 0 heterocycles. The van der Waals surface area contributed by atoms with E-state index in [9.17, 15) is 0 Å². The van der Waals surface area contributed by atoms with Crippen LogP contribution in [0.2, 0.25) is 0 Å². The topological polar surface area (TPSA) is 0 Å². The molecule has 4 rings (SSSR count). The van der Waals surface area contributed by atoms with Gasteiger partial charge in [0.2, 0.25) is 0 Å². The summed E-state index contributed by atoms with van der Waals surface area (Å²) in [5.41, 5.74) is 9.22. The average Bonchev–Trinajstić information content (AvgIpc) is 2.67. The fourth-order valence-electron chi connectivity index (χ4n) is 3.76. The third-order valence-electron chi connectivity index (χ3n) is 5.88. The van der Waals surface area contributed by atoms with Crippen LogP contribution in [0.25, 0.3) is 0 Å². The monoisotopic (exact) mass is 364 g/mol. The summed E-state index contributed by atoms with van der Waals surface area (Å²) in [4.78, 5) is 0. The zero-order valence-electron chi connectivity index (χ0n) is 17.0. The standard InChI is InChI=1S/C28H28/c1-21-6-10-23(11-7-21)14-15-25-17-19-27(28(20-25)26-4-3-5-26)18-16-24-12-8-22(2)9-13-24/h6-13,17,19-20,26H,3-5,14-15H2,1-2H3. The Kier molecular flexibility index (Phi) is 5.63. The van der Waals surface area contributed by atoms with Crippen LogP contribution in [0.4, 0.5) is 0 Å². The summed E-state index contributed by atoms with van der Waals surface area (Å²) >= 11 is 0. The van der Waals surface area contributed by atoms with Crippen molar-refractivity contribution in [3.8, 4) is 11.8 Å². The summed E-state index contributed by atoms with van der Waals surface area (Å²) in [5.74, 6) is 7.52. The lowest BCUT2D eigenvalue weighted by molar-refractivity contribution is 0.419. The summed E-state index contributed by atoms with van der Waals surface area (Å²) in [5, 5.41) is 0. The molecule has 0 unspecified atom stereocenters. The van der Waals surface area contributed by atoms with Gasteiger partial charge < -0.3 is 0 Å². The van der Waals surface area contributed by atoms with Crippen LogP contribution in [0.3, 0.4) is 0 Å². The molecule has 140 valence electrons. The van der Waals surface area contributed by atoms with Crippen LogP contribution in [0.1, 0.15) is 64.1 Å². The van der Waals surface area contributed by atoms with E-state index >= 15 is 0 Å². The van der Waals surface area contributed by atoms with Gasteiger partial charge in [0, 0.05) is 11.1 Å². The van der Waals surface area contributed by atoms with Gasteiger partial charge in [-0.3, -0.25) is 0 Å². The van der Waals surface area contributed by atoms with E-state index < -0.39 is 0 Å². The Morgan fingerprint density at radius 3 is 1.96 bits per heavy atom. The second kappa shape index (κ2) is 8.49. The SMILES string of the molecule is Cc1ccc(C#Cc2ccc(CCc3ccc(C)cc3)cc2C2CCC2)cc1. The Morgan fingerprint density at radius 1 is 0.714 bits per heavy atom. The summed E-state index contributed by atoms with van der Waals surface area (Å²) in [6, 6.07) is 24.4. The summed E-state index contributed by atoms with van der Waals surface area (Å²) in [7, 11) is 0. The molecule has 28 heavy (non-hydrogen) atoms. The van der Waals surface area contributed by atoms with Gasteiger partial charge in [-0.1, -0.05) is 77.9 Å². The van der Waals surface area contributed by atoms with Crippen molar-refractivity contribution in [2.75, 3.05) is 0 Å². The Balaban J connectivity index is 1.54. The normalized spacial score (nSPS) is 13.5. The summed E-state index contributed by atoms with van der Waals surface area (Å²) in [6.45, 7) is 4.26. The molecule has 0 heteroatoms. The number of hydrogen-bond acceptors (Lipinski definition) is 0. The Labute approximate surface area is 169 Å². The molecule has 0 aliphatic heterocycles. The molecule has 0 atom stereocenters. The largest absolute Gasteiger partial charge is 0.0616 e. The van der Waals surface area contributed by atoms with Gasteiger partial charge in [-0.05, 0) is 80.3 Å². The predicted octanol–water partition coefficient (Wildman–Crippen LogP) is 6.76. The Bertz CT molecular complexity index is 991. The molecule has 0 spiro atoms. The minimum absolute atomic E-state index is 0.696. The second-order valence-electron chi connectivity index (χ2n) is 8.15. The van der Waals surface area contributed by atoms with Crippen LogP contribution in [-0.4, -0.2) is 0 Å². The van der Waals surface area contributed by atoms with Gasteiger partial charge in [-0.2, -0.15) is 0 Å². The van der Waals surface area contributed by atoms with E-state index in [1.165, 1.54) is 52.6 Å². The van der Waals surface area contributed by atoms with Gasteiger partial charge in [-0.25, -0.2) is 0 Å². The molecule has 1 saturated carbocycles. The molecule has 1 aliphatic carbocycles. The molecule has 0 bridgehead atoms. The van der Waals surface area contributed by atoms with Crippen LogP contribution in [-0.2, 0) is 12.8 Å². The van der Waals surface area contributed by atoms with Crippen molar-refractivity contribution in [1.82, 2.24) is 0 Å². The first-order valence-electron chi connectivity index (χ1n) is 10.4. The maximum Gasteiger partial charge on any atom is 0.0284 e. The van der Waals surface area contributed by atoms with Crippen LogP contribution < -0.4 is 0 Å². The van der Waals surface area contributed by atoms with Crippen LogP contribution in [0.5, 0.6) is 0 Å². The smallest absolute Gasteiger partial charge is 0.0284 e. The highest BCUT2D eigenvalue weighted by Gasteiger charge is 2.22. The number of rotatable bonds is 4. The van der Waals surface area contributed by atoms with Crippen molar-refractivity contribution in [3.63, 3.8) is 0 Å². The van der Waals surface area contributed by atoms with E-state index in [2.05, 4.69) is 92.4 Å². The van der Waals surface area contributed by atoms with E-state index in [0.29, 0.717) is 5.92 Å². The third-order valence-corrected chi connectivity index (χ3v) is 5.88. The van der Waals surface area contributed by atoms with Gasteiger partial charge in [0.05, 0.1) is 0 Å². The van der Waals surface area contributed by atoms with Crippen molar-refractivity contribution >= 4 is 0 Å². The first-order valence-corrected chi connectivity index (χ1v) is 10.4. The summed E-state index contributed by atoms with van der Waals surface area (Å²) < 4.78 is 0. The first-order chi connectivity index (χ1) is 13.7. The Morgan fingerprint density at radius 2 is 1.32 bits per heavy atom. The molecule has 1 aliphatic rings. The molecule has 3 aromatic carbocycles. The van der Waals surface area contributed by atoms with Gasteiger partial charge in [0.25, 0.3) is 0 Å². The highest BCUT2D eigenvalue weighted by atomic mass is 14.3. The van der Waals surface area contributed by atoms with Crippen LogP contribution in [0.15, 0.2) is 66.7 Å². The van der Waals surface area contributed by atoms with Crippen molar-refractivity contribution in [1.29, 1.82) is 0 Å². The quantitative estimate of drug-likeness (QED) is 0.449. The highest BCUT2D eigenvalue weighted by Crippen LogP contribution is 2.38. The molecule has 0 aromatic heterocycles. The van der Waals surface area contributed by atoms with Crippen LogP contribution in [0, 0.1) is 25.7 Å². The maximum atomic E-state index is 3.46. The number of aryl methyl sites for hydroxylation is 4. The predicted molar refractivity (Wildman–Crippen MR) is 119 cm³/mol. The van der Waals surface area contributed by atoms with E-state index in [0.717, 1.165) is 18.4 Å². The molecule has 0 radical (unpaired) electrons. The van der Waals surface area contributed by atoms with E-state index in [1.807, 2.05) is 0 Å². The lowest BCUT2D eigenvalue weighted by atomic mass is 9.77. The van der Waals surface area contributed by atoms with Crippen molar-refractivity contribution in [2.24, 2.45) is 0 Å². The molecular weight excluding hydrogens is 336 g/mol. The van der Waals surface area contributed by atoms with E-state index in [4.69, 9.17) is 0 Å². The van der Waals surface area contributed by atoms with E-state index in [1.54, 1.807) is 0 Å².